The van der Waals surface area contributed by atoms with Crippen molar-refractivity contribution in [3.8, 4) is 16.4 Å². The smallest absolute Gasteiger partial charge is 0.277 e. The summed E-state index contributed by atoms with van der Waals surface area (Å²) in [7, 11) is 0. The summed E-state index contributed by atoms with van der Waals surface area (Å²) < 4.78 is 1.58. The molecule has 4 rings (SSSR count). The second-order valence-corrected chi connectivity index (χ2v) is 5.76. The van der Waals surface area contributed by atoms with Gasteiger partial charge >= 0.3 is 0 Å². The second-order valence-electron chi connectivity index (χ2n) is 4.81. The van der Waals surface area contributed by atoms with E-state index in [9.17, 15) is 4.79 Å². The summed E-state index contributed by atoms with van der Waals surface area (Å²) in [6.45, 7) is 0. The molecular formula is C15H11N7OS. The molecule has 0 atom stereocenters. The minimum Gasteiger partial charge on any atom is -0.305 e. The number of rotatable bonds is 4. The SMILES string of the molecule is O=C(Nc1cc(-n2cccn2)ncn1)c1cc(-c2cccs2)[nH]n1. The summed E-state index contributed by atoms with van der Waals surface area (Å²) >= 11 is 1.57. The molecule has 4 aromatic heterocycles. The van der Waals surface area contributed by atoms with Crippen LogP contribution in [0, 0.1) is 0 Å². The van der Waals surface area contributed by atoms with Crippen LogP contribution in [0.15, 0.2) is 54.4 Å². The number of aromatic amines is 1. The minimum atomic E-state index is -0.348. The molecule has 8 nitrogen and oxygen atoms in total. The van der Waals surface area contributed by atoms with Crippen LogP contribution < -0.4 is 5.32 Å². The normalized spacial score (nSPS) is 10.7. The van der Waals surface area contributed by atoms with E-state index in [0.29, 0.717) is 11.6 Å². The van der Waals surface area contributed by atoms with E-state index in [4.69, 9.17) is 0 Å². The molecule has 0 spiro atoms. The average molecular weight is 337 g/mol. The van der Waals surface area contributed by atoms with Gasteiger partial charge in [0.2, 0.25) is 0 Å². The van der Waals surface area contributed by atoms with Crippen LogP contribution in [0.2, 0.25) is 0 Å². The van der Waals surface area contributed by atoms with Gasteiger partial charge in [-0.3, -0.25) is 9.89 Å². The molecule has 0 saturated heterocycles. The van der Waals surface area contributed by atoms with Gasteiger partial charge in [-0.15, -0.1) is 11.3 Å². The van der Waals surface area contributed by atoms with Gasteiger partial charge in [0.15, 0.2) is 11.5 Å². The van der Waals surface area contributed by atoms with Gasteiger partial charge in [0.1, 0.15) is 12.1 Å². The molecular weight excluding hydrogens is 326 g/mol. The number of hydrogen-bond acceptors (Lipinski definition) is 6. The number of carbonyl (C=O) groups is 1. The van der Waals surface area contributed by atoms with E-state index in [1.165, 1.54) is 6.33 Å². The third kappa shape index (κ3) is 2.79. The zero-order chi connectivity index (χ0) is 16.4. The van der Waals surface area contributed by atoms with Crippen molar-refractivity contribution in [2.75, 3.05) is 5.32 Å². The fraction of sp³-hybridized carbons (Fsp3) is 0. The number of hydrogen-bond donors (Lipinski definition) is 2. The van der Waals surface area contributed by atoms with Crippen LogP contribution in [0.4, 0.5) is 5.82 Å². The molecule has 9 heteroatoms. The number of anilines is 1. The molecule has 0 aliphatic carbocycles. The molecule has 1 amide bonds. The highest BCUT2D eigenvalue weighted by Gasteiger charge is 2.13. The van der Waals surface area contributed by atoms with Gasteiger partial charge in [0.25, 0.3) is 5.91 Å². The van der Waals surface area contributed by atoms with Crippen LogP contribution in [0.25, 0.3) is 16.4 Å². The fourth-order valence-corrected chi connectivity index (χ4v) is 2.81. The van der Waals surface area contributed by atoms with Crippen molar-refractivity contribution < 1.29 is 4.79 Å². The summed E-state index contributed by atoms with van der Waals surface area (Å²) in [5, 5.41) is 15.7. The Labute approximate surface area is 140 Å². The predicted octanol–water partition coefficient (Wildman–Crippen LogP) is 2.37. The third-order valence-electron chi connectivity index (χ3n) is 3.23. The number of aromatic nitrogens is 6. The second kappa shape index (κ2) is 6.05. The van der Waals surface area contributed by atoms with Crippen molar-refractivity contribution in [1.82, 2.24) is 29.9 Å². The van der Waals surface area contributed by atoms with Gasteiger partial charge in [0, 0.05) is 18.5 Å². The molecule has 0 fully saturated rings. The Morgan fingerprint density at radius 2 is 2.21 bits per heavy atom. The van der Waals surface area contributed by atoms with Gasteiger partial charge in [-0.05, 0) is 23.6 Å². The highest BCUT2D eigenvalue weighted by atomic mass is 32.1. The van der Waals surface area contributed by atoms with Crippen LogP contribution in [-0.2, 0) is 0 Å². The van der Waals surface area contributed by atoms with Crippen molar-refractivity contribution >= 4 is 23.1 Å². The molecule has 0 radical (unpaired) electrons. The third-order valence-corrected chi connectivity index (χ3v) is 4.13. The maximum Gasteiger partial charge on any atom is 0.277 e. The van der Waals surface area contributed by atoms with Crippen LogP contribution in [0.5, 0.6) is 0 Å². The number of nitrogens with one attached hydrogen (secondary N) is 2. The van der Waals surface area contributed by atoms with Crippen LogP contribution >= 0.6 is 11.3 Å². The lowest BCUT2D eigenvalue weighted by molar-refractivity contribution is 0.102. The largest absolute Gasteiger partial charge is 0.305 e. The zero-order valence-electron chi connectivity index (χ0n) is 12.2. The first-order valence-electron chi connectivity index (χ1n) is 7.02. The Hall–Kier alpha value is -3.33. The van der Waals surface area contributed by atoms with Crippen molar-refractivity contribution in [2.24, 2.45) is 0 Å². The Morgan fingerprint density at radius 1 is 1.25 bits per heavy atom. The maximum absolute atomic E-state index is 12.3. The number of thiophene rings is 1. The minimum absolute atomic E-state index is 0.289. The highest BCUT2D eigenvalue weighted by molar-refractivity contribution is 7.13. The first-order valence-corrected chi connectivity index (χ1v) is 7.90. The van der Waals surface area contributed by atoms with Crippen LogP contribution in [-0.4, -0.2) is 35.9 Å². The molecule has 0 bridgehead atoms. The number of nitrogens with zero attached hydrogens (tertiary/aromatic N) is 5. The van der Waals surface area contributed by atoms with E-state index in [-0.39, 0.29) is 11.6 Å². The summed E-state index contributed by atoms with van der Waals surface area (Å²) in [5.74, 6) is 0.590. The lowest BCUT2D eigenvalue weighted by Crippen LogP contribution is -2.14. The summed E-state index contributed by atoms with van der Waals surface area (Å²) in [6.07, 6.45) is 4.78. The molecule has 2 N–H and O–H groups in total. The van der Waals surface area contributed by atoms with Crippen LogP contribution in [0.1, 0.15) is 10.5 Å². The highest BCUT2D eigenvalue weighted by Crippen LogP contribution is 2.23. The lowest BCUT2D eigenvalue weighted by atomic mass is 10.3. The van der Waals surface area contributed by atoms with Crippen molar-refractivity contribution in [2.45, 2.75) is 0 Å². The molecule has 24 heavy (non-hydrogen) atoms. The summed E-state index contributed by atoms with van der Waals surface area (Å²) in [5.41, 5.74) is 1.09. The Morgan fingerprint density at radius 3 is 3.00 bits per heavy atom. The molecule has 0 aliphatic heterocycles. The number of amides is 1. The Balaban J connectivity index is 1.53. The van der Waals surface area contributed by atoms with E-state index in [1.807, 2.05) is 17.5 Å². The van der Waals surface area contributed by atoms with E-state index in [1.54, 1.807) is 46.6 Å². The van der Waals surface area contributed by atoms with Gasteiger partial charge < -0.3 is 5.32 Å². The van der Waals surface area contributed by atoms with Crippen molar-refractivity contribution in [1.29, 1.82) is 0 Å². The van der Waals surface area contributed by atoms with E-state index >= 15 is 0 Å². The number of H-pyrrole nitrogens is 1. The predicted molar refractivity (Wildman–Crippen MR) is 89.0 cm³/mol. The molecule has 0 aliphatic rings. The molecule has 0 unspecified atom stereocenters. The first kappa shape index (κ1) is 14.3. The van der Waals surface area contributed by atoms with Crippen molar-refractivity contribution in [3.63, 3.8) is 0 Å². The van der Waals surface area contributed by atoms with E-state index in [0.717, 1.165) is 10.6 Å². The van der Waals surface area contributed by atoms with Crippen molar-refractivity contribution in [3.05, 3.63) is 60.1 Å². The quantitative estimate of drug-likeness (QED) is 0.595. The lowest BCUT2D eigenvalue weighted by Gasteiger charge is -2.04. The van der Waals surface area contributed by atoms with Crippen LogP contribution in [0.3, 0.4) is 0 Å². The molecule has 0 saturated carbocycles. The standard InChI is InChI=1S/C15H11N7OS/c23-15(11-7-10(20-21-11)12-3-1-6-24-12)19-13-8-14(17-9-16-13)22-5-2-4-18-22/h1-9H,(H,20,21)(H,16,17,19,23). The topological polar surface area (TPSA) is 101 Å². The fourth-order valence-electron chi connectivity index (χ4n) is 2.12. The average Bonchev–Trinajstić information content (AvgIpc) is 3.36. The summed E-state index contributed by atoms with van der Waals surface area (Å²) in [6, 6.07) is 9.03. The molecule has 0 aromatic carbocycles. The Kier molecular flexibility index (Phi) is 3.60. The maximum atomic E-state index is 12.3. The first-order chi connectivity index (χ1) is 11.8. The van der Waals surface area contributed by atoms with Gasteiger partial charge in [-0.1, -0.05) is 6.07 Å². The van der Waals surface area contributed by atoms with E-state index < -0.39 is 0 Å². The summed E-state index contributed by atoms with van der Waals surface area (Å²) in [4.78, 5) is 21.5. The number of carbonyl (C=O) groups excluding carboxylic acids is 1. The zero-order valence-corrected chi connectivity index (χ0v) is 13.1. The van der Waals surface area contributed by atoms with Gasteiger partial charge in [0.05, 0.1) is 10.6 Å². The van der Waals surface area contributed by atoms with E-state index in [2.05, 4.69) is 30.6 Å². The molecule has 118 valence electrons. The molecule has 4 aromatic rings. The Bertz CT molecular complexity index is 960. The van der Waals surface area contributed by atoms with Gasteiger partial charge in [-0.25, -0.2) is 14.6 Å². The monoisotopic (exact) mass is 337 g/mol. The van der Waals surface area contributed by atoms with Gasteiger partial charge in [-0.2, -0.15) is 10.2 Å². The molecule has 4 heterocycles.